The lowest BCUT2D eigenvalue weighted by Gasteiger charge is -2.41. The molecule has 2 heterocycles. The van der Waals surface area contributed by atoms with E-state index >= 15 is 0 Å². The summed E-state index contributed by atoms with van der Waals surface area (Å²) in [6.45, 7) is 7.72. The third-order valence-electron chi connectivity index (χ3n) is 10.8. The minimum atomic E-state index is -0.274. The van der Waals surface area contributed by atoms with Crippen molar-refractivity contribution in [3.63, 3.8) is 0 Å². The number of carbonyl (C=O) groups excluding carboxylic acids is 1. The van der Waals surface area contributed by atoms with E-state index in [9.17, 15) is 9.18 Å². The van der Waals surface area contributed by atoms with Gasteiger partial charge in [0.25, 0.3) is 5.91 Å². The van der Waals surface area contributed by atoms with E-state index in [-0.39, 0.29) is 25.5 Å². The van der Waals surface area contributed by atoms with Crippen molar-refractivity contribution in [2.75, 3.05) is 13.1 Å². The summed E-state index contributed by atoms with van der Waals surface area (Å²) >= 11 is 0. The van der Waals surface area contributed by atoms with Gasteiger partial charge < -0.3 is 15.8 Å². The SMILES string of the molecule is CCC(CCNC(=O)c1ccc(F)c(C)c1)(CCN1C2CCCC3CCC321)c1ccccc1.Cc1nc2ccccc2[nH]1.O.[HH].[HH]. The molecule has 1 spiro atoms. The largest absolute Gasteiger partial charge is 0.412 e. The Morgan fingerprint density at radius 3 is 2.52 bits per heavy atom. The third-order valence-corrected chi connectivity index (χ3v) is 10.8. The molecule has 7 rings (SSSR count). The molecule has 0 bridgehead atoms. The van der Waals surface area contributed by atoms with E-state index in [1.54, 1.807) is 19.1 Å². The summed E-state index contributed by atoms with van der Waals surface area (Å²) in [4.78, 5) is 22.9. The number of imidazole rings is 1. The van der Waals surface area contributed by atoms with Crippen molar-refractivity contribution in [2.24, 2.45) is 5.92 Å². The predicted octanol–water partition coefficient (Wildman–Crippen LogP) is 7.55. The highest BCUT2D eigenvalue weighted by Crippen LogP contribution is 2.64. The van der Waals surface area contributed by atoms with Gasteiger partial charge in [-0.3, -0.25) is 9.69 Å². The van der Waals surface area contributed by atoms with Gasteiger partial charge >= 0.3 is 0 Å². The number of rotatable bonds is 9. The second-order valence-corrected chi connectivity index (χ2v) is 12.9. The smallest absolute Gasteiger partial charge is 0.251 e. The summed E-state index contributed by atoms with van der Waals surface area (Å²) in [5.41, 5.74) is 5.17. The van der Waals surface area contributed by atoms with Gasteiger partial charge in [0.1, 0.15) is 11.6 Å². The molecule has 7 heteroatoms. The van der Waals surface area contributed by atoms with Gasteiger partial charge in [0, 0.05) is 26.5 Å². The number of aromatic amines is 1. The van der Waals surface area contributed by atoms with Crippen molar-refractivity contribution < 1.29 is 17.5 Å². The molecule has 0 radical (unpaired) electrons. The Morgan fingerprint density at radius 1 is 1.07 bits per heavy atom. The van der Waals surface area contributed by atoms with Gasteiger partial charge in [-0.05, 0) is 118 Å². The highest BCUT2D eigenvalue weighted by atomic mass is 19.1. The van der Waals surface area contributed by atoms with Gasteiger partial charge in [-0.2, -0.15) is 0 Å². The predicted molar refractivity (Wildman–Crippen MR) is 180 cm³/mol. The number of aromatic nitrogens is 2. The van der Waals surface area contributed by atoms with Crippen molar-refractivity contribution in [2.45, 2.75) is 89.1 Å². The van der Waals surface area contributed by atoms with E-state index in [2.05, 4.69) is 57.4 Å². The second kappa shape index (κ2) is 13.2. The van der Waals surface area contributed by atoms with Crippen LogP contribution in [0.15, 0.2) is 72.8 Å². The average molecular weight is 603 g/mol. The Kier molecular flexibility index (Phi) is 9.56. The number of fused-ring (bicyclic) bond motifs is 1. The Hall–Kier alpha value is -3.55. The molecular formula is C37H51FN4O2. The number of benzene rings is 3. The van der Waals surface area contributed by atoms with E-state index < -0.39 is 0 Å². The molecule has 6 nitrogen and oxygen atoms in total. The quantitative estimate of drug-likeness (QED) is 0.194. The van der Waals surface area contributed by atoms with Gasteiger partial charge in [0.15, 0.2) is 0 Å². The van der Waals surface area contributed by atoms with E-state index in [1.165, 1.54) is 43.7 Å². The number of hydrogen-bond donors (Lipinski definition) is 2. The minimum Gasteiger partial charge on any atom is -0.412 e. The van der Waals surface area contributed by atoms with Crippen molar-refractivity contribution in [3.05, 3.63) is 101 Å². The van der Waals surface area contributed by atoms with Crippen molar-refractivity contribution in [1.29, 1.82) is 0 Å². The van der Waals surface area contributed by atoms with E-state index in [4.69, 9.17) is 0 Å². The normalized spacial score (nSPS) is 24.3. The molecule has 3 aliphatic rings. The zero-order valence-corrected chi connectivity index (χ0v) is 26.3. The van der Waals surface area contributed by atoms with Crippen LogP contribution in [0.5, 0.6) is 0 Å². The number of H-pyrrole nitrogens is 1. The second-order valence-electron chi connectivity index (χ2n) is 12.9. The van der Waals surface area contributed by atoms with Crippen LogP contribution in [0.25, 0.3) is 11.0 Å². The van der Waals surface area contributed by atoms with Crippen LogP contribution in [0.4, 0.5) is 4.39 Å². The number of hydrogen-bond acceptors (Lipinski definition) is 3. The van der Waals surface area contributed by atoms with E-state index in [0.29, 0.717) is 23.2 Å². The van der Waals surface area contributed by atoms with Crippen molar-refractivity contribution >= 4 is 16.9 Å². The van der Waals surface area contributed by atoms with Crippen LogP contribution >= 0.6 is 0 Å². The molecule has 3 fully saturated rings. The fourth-order valence-electron chi connectivity index (χ4n) is 8.14. The molecule has 5 unspecified atom stereocenters. The van der Waals surface area contributed by atoms with Gasteiger partial charge in [-0.25, -0.2) is 9.37 Å². The Labute approximate surface area is 263 Å². The highest BCUT2D eigenvalue weighted by Gasteiger charge is 2.70. The number of halogens is 1. The monoisotopic (exact) mass is 602 g/mol. The first-order valence-electron chi connectivity index (χ1n) is 16.1. The summed E-state index contributed by atoms with van der Waals surface area (Å²) in [5.74, 6) is 1.53. The van der Waals surface area contributed by atoms with Gasteiger partial charge in [-0.1, -0.05) is 55.8 Å². The van der Waals surface area contributed by atoms with E-state index in [0.717, 1.165) is 54.6 Å². The van der Waals surface area contributed by atoms with Crippen LogP contribution in [-0.2, 0) is 5.41 Å². The number of amides is 1. The summed E-state index contributed by atoms with van der Waals surface area (Å²) in [6.07, 6.45) is 10.1. The lowest BCUT2D eigenvalue weighted by molar-refractivity contribution is 0.0948. The molecule has 1 aliphatic heterocycles. The zero-order valence-electron chi connectivity index (χ0n) is 26.3. The third kappa shape index (κ3) is 6.04. The Bertz CT molecular complexity index is 1550. The number of likely N-dealkylation sites (tertiary alicyclic amines) is 1. The van der Waals surface area contributed by atoms with Crippen LogP contribution < -0.4 is 5.32 Å². The summed E-state index contributed by atoms with van der Waals surface area (Å²) in [7, 11) is 0. The van der Waals surface area contributed by atoms with Crippen molar-refractivity contribution in [3.8, 4) is 0 Å². The zero-order chi connectivity index (χ0) is 30.0. The van der Waals surface area contributed by atoms with Crippen LogP contribution in [0, 0.1) is 25.6 Å². The maximum Gasteiger partial charge on any atom is 0.251 e. The lowest BCUT2D eigenvalue weighted by Crippen LogP contribution is -2.42. The fourth-order valence-corrected chi connectivity index (χ4v) is 8.14. The molecule has 44 heavy (non-hydrogen) atoms. The number of para-hydroxylation sites is 2. The van der Waals surface area contributed by atoms with E-state index in [1.807, 2.05) is 31.2 Å². The van der Waals surface area contributed by atoms with Crippen LogP contribution in [0.1, 0.15) is 88.5 Å². The molecule has 2 aliphatic carbocycles. The molecule has 4 N–H and O–H groups in total. The molecule has 4 aromatic rings. The average Bonchev–Trinajstić information content (AvgIpc) is 3.55. The van der Waals surface area contributed by atoms with Crippen LogP contribution in [-0.4, -0.2) is 50.9 Å². The first-order valence-corrected chi connectivity index (χ1v) is 16.1. The van der Waals surface area contributed by atoms with Crippen LogP contribution in [0.3, 0.4) is 0 Å². The lowest BCUT2D eigenvalue weighted by atomic mass is 9.64. The first kappa shape index (κ1) is 31.9. The number of carbonyl (C=O) groups is 1. The molecular weight excluding hydrogens is 551 g/mol. The topological polar surface area (TPSA) is 92.3 Å². The molecule has 1 saturated heterocycles. The summed E-state index contributed by atoms with van der Waals surface area (Å²) in [6, 6.07) is 24.3. The summed E-state index contributed by atoms with van der Waals surface area (Å²) in [5, 5.41) is 3.11. The van der Waals surface area contributed by atoms with Crippen LogP contribution in [0.2, 0.25) is 0 Å². The number of aryl methyl sites for hydroxylation is 2. The molecule has 1 amide bonds. The molecule has 238 valence electrons. The Morgan fingerprint density at radius 2 is 1.84 bits per heavy atom. The minimum absolute atomic E-state index is 0. The standard InChI is InChI=1S/C29H37FN2O.C8H8N2.H2O.2H2/c1-3-28(23-8-5-4-6-9-23,16-18-31-27(33)22-12-13-25(30)21(2)20-22)17-19-32-26-11-7-10-24-14-15-29(24,26)32;1-6-9-7-4-2-3-5-8(7)10-6;;;/h4-6,8-9,12-13,20,24,26H,3,7,10-11,14-19H2,1-2H3,(H,31,33);2-5H,1H3,(H,9,10);1H2;2*1H. The maximum atomic E-state index is 13.6. The van der Waals surface area contributed by atoms with Gasteiger partial charge in [-0.15, -0.1) is 0 Å². The first-order chi connectivity index (χ1) is 20.9. The van der Waals surface area contributed by atoms with Gasteiger partial charge in [0.2, 0.25) is 0 Å². The number of nitrogens with one attached hydrogen (secondary N) is 2. The maximum absolute atomic E-state index is 13.6. The molecule has 1 aromatic heterocycles. The number of nitrogens with zero attached hydrogens (tertiary/aromatic N) is 2. The van der Waals surface area contributed by atoms with Crippen molar-refractivity contribution in [1.82, 2.24) is 20.2 Å². The fraction of sp³-hybridized carbons (Fsp3) is 0.459. The highest BCUT2D eigenvalue weighted by molar-refractivity contribution is 5.94. The Balaban J connectivity index is 0.000000378. The molecule has 3 aromatic carbocycles. The molecule has 5 atom stereocenters. The molecule has 2 saturated carbocycles. The van der Waals surface area contributed by atoms with Gasteiger partial charge in [0.05, 0.1) is 11.0 Å². The summed E-state index contributed by atoms with van der Waals surface area (Å²) < 4.78 is 13.6.